The highest BCUT2D eigenvalue weighted by Gasteiger charge is 2.13. The summed E-state index contributed by atoms with van der Waals surface area (Å²) in [5.74, 6) is -0.0486. The van der Waals surface area contributed by atoms with E-state index in [1.54, 1.807) is 25.1 Å². The van der Waals surface area contributed by atoms with Crippen LogP contribution in [-0.2, 0) is 0 Å². The number of aromatic amines is 1. The normalized spacial score (nSPS) is 10.6. The zero-order valence-corrected chi connectivity index (χ0v) is 12.5. The van der Waals surface area contributed by atoms with Crippen LogP contribution in [0.2, 0.25) is 0 Å². The smallest absolute Gasteiger partial charge is 0.269 e. The maximum absolute atomic E-state index is 13.2. The zero-order valence-electron chi connectivity index (χ0n) is 12.5. The van der Waals surface area contributed by atoms with E-state index < -0.39 is 5.95 Å². The molecule has 0 unspecified atom stereocenters. The molecule has 3 rings (SSSR count). The second-order valence-corrected chi connectivity index (χ2v) is 5.01. The van der Waals surface area contributed by atoms with Crippen LogP contribution in [0.4, 0.5) is 4.39 Å². The molecule has 0 bridgehead atoms. The number of aryl methyl sites for hydroxylation is 1. The lowest BCUT2D eigenvalue weighted by Crippen LogP contribution is -1.96. The van der Waals surface area contributed by atoms with E-state index in [2.05, 4.69) is 20.4 Å². The number of ketones is 1. The molecule has 1 aromatic carbocycles. The minimum absolute atomic E-state index is 0.129. The van der Waals surface area contributed by atoms with Crippen LogP contribution < -0.4 is 4.74 Å². The van der Waals surface area contributed by atoms with Gasteiger partial charge in [0.2, 0.25) is 5.95 Å². The van der Waals surface area contributed by atoms with E-state index in [0.29, 0.717) is 11.3 Å². The summed E-state index contributed by atoms with van der Waals surface area (Å²) in [5.41, 5.74) is 2.38. The molecule has 0 saturated carbocycles. The molecule has 7 heteroatoms. The largest absolute Gasteiger partial charge is 0.436 e. The molecule has 3 aromatic rings. The lowest BCUT2D eigenvalue weighted by atomic mass is 10.1. The second-order valence-electron chi connectivity index (χ2n) is 5.01. The van der Waals surface area contributed by atoms with Crippen molar-refractivity contribution in [2.75, 3.05) is 0 Å². The van der Waals surface area contributed by atoms with Crippen molar-refractivity contribution in [3.05, 3.63) is 53.7 Å². The number of hydrogen-bond acceptors (Lipinski definition) is 5. The van der Waals surface area contributed by atoms with Crippen molar-refractivity contribution in [3.63, 3.8) is 0 Å². The van der Waals surface area contributed by atoms with Gasteiger partial charge >= 0.3 is 0 Å². The van der Waals surface area contributed by atoms with E-state index in [0.717, 1.165) is 11.1 Å². The number of benzene rings is 1. The molecule has 0 saturated heterocycles. The highest BCUT2D eigenvalue weighted by Crippen LogP contribution is 2.26. The molecule has 0 aliphatic rings. The number of rotatable bonds is 4. The van der Waals surface area contributed by atoms with Gasteiger partial charge in [-0.15, -0.1) is 0 Å². The van der Waals surface area contributed by atoms with Gasteiger partial charge in [-0.05, 0) is 30.7 Å². The third-order valence-electron chi connectivity index (χ3n) is 3.29. The average Bonchev–Trinajstić information content (AvgIpc) is 2.99. The van der Waals surface area contributed by atoms with Crippen LogP contribution >= 0.6 is 0 Å². The SMILES string of the molecule is CC(=O)c1[nH]nnc1Oc1ccc(-c2cnc(F)c(C)c2)cc1. The number of hydrogen-bond donors (Lipinski definition) is 1. The summed E-state index contributed by atoms with van der Waals surface area (Å²) in [7, 11) is 0. The Kier molecular flexibility index (Phi) is 3.84. The van der Waals surface area contributed by atoms with E-state index >= 15 is 0 Å². The first kappa shape index (κ1) is 14.8. The van der Waals surface area contributed by atoms with Crippen molar-refractivity contribution in [2.24, 2.45) is 0 Å². The van der Waals surface area contributed by atoms with Crippen LogP contribution in [0.5, 0.6) is 11.6 Å². The van der Waals surface area contributed by atoms with Gasteiger partial charge in [0.25, 0.3) is 5.88 Å². The molecule has 0 spiro atoms. The standard InChI is InChI=1S/C16H13FN4O2/c1-9-7-12(8-18-15(9)17)11-3-5-13(6-4-11)23-16-14(10(2)22)19-21-20-16/h3-8H,1-2H3,(H,19,20,21). The van der Waals surface area contributed by atoms with Crippen molar-refractivity contribution < 1.29 is 13.9 Å². The van der Waals surface area contributed by atoms with E-state index in [1.807, 2.05) is 12.1 Å². The highest BCUT2D eigenvalue weighted by atomic mass is 19.1. The number of nitrogens with zero attached hydrogens (tertiary/aromatic N) is 3. The van der Waals surface area contributed by atoms with Crippen LogP contribution in [0.1, 0.15) is 23.0 Å². The maximum atomic E-state index is 13.2. The van der Waals surface area contributed by atoms with Gasteiger partial charge in [-0.3, -0.25) is 9.89 Å². The quantitative estimate of drug-likeness (QED) is 0.590. The number of H-pyrrole nitrogens is 1. The van der Waals surface area contributed by atoms with Gasteiger partial charge in [-0.1, -0.05) is 22.4 Å². The fourth-order valence-electron chi connectivity index (χ4n) is 2.06. The number of ether oxygens (including phenoxy) is 1. The Morgan fingerprint density at radius 3 is 2.61 bits per heavy atom. The van der Waals surface area contributed by atoms with E-state index in [1.165, 1.54) is 13.1 Å². The Balaban J connectivity index is 1.83. The monoisotopic (exact) mass is 312 g/mol. The molecule has 23 heavy (non-hydrogen) atoms. The van der Waals surface area contributed by atoms with E-state index in [9.17, 15) is 9.18 Å². The second kappa shape index (κ2) is 5.96. The van der Waals surface area contributed by atoms with Gasteiger partial charge < -0.3 is 4.74 Å². The number of aromatic nitrogens is 4. The first-order valence-corrected chi connectivity index (χ1v) is 6.87. The Labute approximate surface area is 131 Å². The first-order chi connectivity index (χ1) is 11.0. The Morgan fingerprint density at radius 1 is 1.22 bits per heavy atom. The van der Waals surface area contributed by atoms with E-state index in [-0.39, 0.29) is 17.4 Å². The fraction of sp³-hybridized carbons (Fsp3) is 0.125. The topological polar surface area (TPSA) is 80.8 Å². The number of carbonyl (C=O) groups is 1. The average molecular weight is 312 g/mol. The minimum atomic E-state index is -0.475. The molecule has 2 heterocycles. The van der Waals surface area contributed by atoms with Crippen molar-refractivity contribution >= 4 is 5.78 Å². The molecule has 0 radical (unpaired) electrons. The first-order valence-electron chi connectivity index (χ1n) is 6.87. The fourth-order valence-corrected chi connectivity index (χ4v) is 2.06. The molecule has 0 amide bonds. The predicted octanol–water partition coefficient (Wildman–Crippen LogP) is 3.31. The molecule has 0 aliphatic carbocycles. The van der Waals surface area contributed by atoms with Crippen molar-refractivity contribution in [3.8, 4) is 22.8 Å². The van der Waals surface area contributed by atoms with Crippen LogP contribution in [0.3, 0.4) is 0 Å². The molecular weight excluding hydrogens is 299 g/mol. The van der Waals surface area contributed by atoms with Gasteiger partial charge in [0, 0.05) is 24.2 Å². The summed E-state index contributed by atoms with van der Waals surface area (Å²) in [4.78, 5) is 15.1. The third-order valence-corrected chi connectivity index (χ3v) is 3.29. The molecule has 1 N–H and O–H groups in total. The van der Waals surface area contributed by atoms with Crippen molar-refractivity contribution in [1.29, 1.82) is 0 Å². The zero-order chi connectivity index (χ0) is 16.4. The molecule has 0 atom stereocenters. The van der Waals surface area contributed by atoms with Crippen molar-refractivity contribution in [2.45, 2.75) is 13.8 Å². The lowest BCUT2D eigenvalue weighted by Gasteiger charge is -2.06. The molecule has 6 nitrogen and oxygen atoms in total. The molecule has 116 valence electrons. The Morgan fingerprint density at radius 2 is 1.96 bits per heavy atom. The molecule has 0 aliphatic heterocycles. The van der Waals surface area contributed by atoms with Gasteiger partial charge in [-0.2, -0.15) is 4.39 Å². The minimum Gasteiger partial charge on any atom is -0.436 e. The van der Waals surface area contributed by atoms with Gasteiger partial charge in [0.15, 0.2) is 11.5 Å². The number of pyridine rings is 1. The van der Waals surface area contributed by atoms with Crippen LogP contribution in [0.15, 0.2) is 36.5 Å². The predicted molar refractivity (Wildman–Crippen MR) is 80.8 cm³/mol. The van der Waals surface area contributed by atoms with Crippen LogP contribution in [0.25, 0.3) is 11.1 Å². The van der Waals surface area contributed by atoms with E-state index in [4.69, 9.17) is 4.74 Å². The summed E-state index contributed by atoms with van der Waals surface area (Å²) < 4.78 is 18.8. The summed E-state index contributed by atoms with van der Waals surface area (Å²) in [6.07, 6.45) is 1.48. The summed E-state index contributed by atoms with van der Waals surface area (Å²) in [6, 6.07) is 8.82. The van der Waals surface area contributed by atoms with Crippen LogP contribution in [-0.4, -0.2) is 26.2 Å². The summed E-state index contributed by atoms with van der Waals surface area (Å²) in [5, 5.41) is 9.79. The highest BCUT2D eigenvalue weighted by molar-refractivity contribution is 5.94. The maximum Gasteiger partial charge on any atom is 0.269 e. The van der Waals surface area contributed by atoms with Gasteiger partial charge in [-0.25, -0.2) is 4.98 Å². The van der Waals surface area contributed by atoms with Gasteiger partial charge in [0.1, 0.15) is 5.75 Å². The molecule has 2 aromatic heterocycles. The van der Waals surface area contributed by atoms with Gasteiger partial charge in [0.05, 0.1) is 0 Å². The number of carbonyl (C=O) groups excluding carboxylic acids is 1. The molecular formula is C16H13FN4O2. The lowest BCUT2D eigenvalue weighted by molar-refractivity contribution is 0.101. The third kappa shape index (κ3) is 3.08. The number of Topliss-reactive ketones (excluding diaryl/α,β-unsaturated/α-hetero) is 1. The van der Waals surface area contributed by atoms with Crippen LogP contribution in [0, 0.1) is 12.9 Å². The summed E-state index contributed by atoms with van der Waals surface area (Å²) in [6.45, 7) is 3.06. The Bertz CT molecular complexity index is 859. The molecule has 0 fully saturated rings. The Hall–Kier alpha value is -3.09. The summed E-state index contributed by atoms with van der Waals surface area (Å²) >= 11 is 0. The van der Waals surface area contributed by atoms with Crippen molar-refractivity contribution in [1.82, 2.24) is 20.4 Å². The number of halogens is 1. The number of nitrogens with one attached hydrogen (secondary N) is 1.